The molecule has 0 radical (unpaired) electrons. The molecule has 0 saturated carbocycles. The van der Waals surface area contributed by atoms with Crippen molar-refractivity contribution in [1.82, 2.24) is 19.5 Å². The minimum Gasteiger partial charge on any atom is -0.350 e. The van der Waals surface area contributed by atoms with Crippen molar-refractivity contribution in [1.29, 1.82) is 0 Å². The summed E-state index contributed by atoms with van der Waals surface area (Å²) < 4.78 is 4.05. The number of carbonyl (C=O) groups excluding carboxylic acids is 1. The number of nitrogens with zero attached hydrogens (tertiary/aromatic N) is 3. The maximum atomic E-state index is 12.7. The summed E-state index contributed by atoms with van der Waals surface area (Å²) >= 11 is 7.66. The fourth-order valence-electron chi connectivity index (χ4n) is 2.96. The standard InChI is InChI=1S/C18H15ClN4O2S/c1-11-21-22(10-17(24)20-9-12-4-2-3-5-13(12)19)18(25)15-8-16-14(23(11)15)6-7-26-16/h2-8H,9-10H2,1H3,(H,20,24). The molecule has 26 heavy (non-hydrogen) atoms. The number of rotatable bonds is 4. The van der Waals surface area contributed by atoms with Crippen LogP contribution in [0.1, 0.15) is 11.4 Å². The molecule has 0 aliphatic rings. The third kappa shape index (κ3) is 2.89. The number of hydrogen-bond acceptors (Lipinski definition) is 4. The summed E-state index contributed by atoms with van der Waals surface area (Å²) in [5.74, 6) is 0.364. The second kappa shape index (κ2) is 6.59. The maximum Gasteiger partial charge on any atom is 0.291 e. The second-order valence-corrected chi connectivity index (χ2v) is 7.27. The predicted molar refractivity (Wildman–Crippen MR) is 103 cm³/mol. The van der Waals surface area contributed by atoms with Crippen LogP contribution in [0.3, 0.4) is 0 Å². The first-order chi connectivity index (χ1) is 12.5. The molecule has 3 heterocycles. The topological polar surface area (TPSA) is 68.4 Å². The van der Waals surface area contributed by atoms with Crippen LogP contribution in [0.15, 0.2) is 46.6 Å². The summed E-state index contributed by atoms with van der Waals surface area (Å²) in [6.07, 6.45) is 0. The lowest BCUT2D eigenvalue weighted by Crippen LogP contribution is -2.34. The van der Waals surface area contributed by atoms with Crippen molar-refractivity contribution in [2.75, 3.05) is 0 Å². The number of aryl methyl sites for hydroxylation is 1. The van der Waals surface area contributed by atoms with Crippen LogP contribution >= 0.6 is 22.9 Å². The first kappa shape index (κ1) is 16.8. The lowest BCUT2D eigenvalue weighted by Gasteiger charge is -2.10. The Morgan fingerprint density at radius 1 is 1.27 bits per heavy atom. The van der Waals surface area contributed by atoms with Gasteiger partial charge in [0.25, 0.3) is 5.56 Å². The van der Waals surface area contributed by atoms with Crippen LogP contribution in [0, 0.1) is 6.92 Å². The first-order valence-corrected chi connectivity index (χ1v) is 9.27. The van der Waals surface area contributed by atoms with Gasteiger partial charge >= 0.3 is 0 Å². The lowest BCUT2D eigenvalue weighted by molar-refractivity contribution is -0.122. The van der Waals surface area contributed by atoms with Crippen LogP contribution in [0.25, 0.3) is 15.7 Å². The number of halogens is 1. The number of amides is 1. The van der Waals surface area contributed by atoms with Gasteiger partial charge in [0.2, 0.25) is 5.91 Å². The first-order valence-electron chi connectivity index (χ1n) is 8.01. The van der Waals surface area contributed by atoms with Crippen molar-refractivity contribution < 1.29 is 4.79 Å². The average Bonchev–Trinajstić information content (AvgIpc) is 3.20. The largest absolute Gasteiger partial charge is 0.350 e. The zero-order valence-electron chi connectivity index (χ0n) is 13.9. The van der Waals surface area contributed by atoms with Crippen LogP contribution in [-0.2, 0) is 17.9 Å². The zero-order chi connectivity index (χ0) is 18.3. The molecule has 8 heteroatoms. The van der Waals surface area contributed by atoms with E-state index in [1.807, 2.05) is 47.0 Å². The van der Waals surface area contributed by atoms with Gasteiger partial charge in [-0.1, -0.05) is 29.8 Å². The molecule has 6 nitrogen and oxygen atoms in total. The monoisotopic (exact) mass is 386 g/mol. The molecule has 1 amide bonds. The Kier molecular flexibility index (Phi) is 4.26. The molecule has 0 aliphatic carbocycles. The molecule has 0 atom stereocenters. The predicted octanol–water partition coefficient (Wildman–Crippen LogP) is 2.99. The second-order valence-electron chi connectivity index (χ2n) is 5.91. The number of benzene rings is 1. The summed E-state index contributed by atoms with van der Waals surface area (Å²) in [5, 5.41) is 9.64. The van der Waals surface area contributed by atoms with Gasteiger partial charge in [0, 0.05) is 11.6 Å². The molecule has 3 aromatic heterocycles. The van der Waals surface area contributed by atoms with Crippen LogP contribution in [0.4, 0.5) is 0 Å². The number of thiophene rings is 1. The Labute approximate surface area is 157 Å². The molecule has 4 aromatic rings. The molecular formula is C18H15ClN4O2S. The Morgan fingerprint density at radius 2 is 2.08 bits per heavy atom. The van der Waals surface area contributed by atoms with Crippen LogP contribution < -0.4 is 10.9 Å². The quantitative estimate of drug-likeness (QED) is 0.586. The van der Waals surface area contributed by atoms with E-state index in [2.05, 4.69) is 10.4 Å². The summed E-state index contributed by atoms with van der Waals surface area (Å²) in [7, 11) is 0. The molecule has 0 fully saturated rings. The van der Waals surface area contributed by atoms with Gasteiger partial charge in [-0.2, -0.15) is 5.10 Å². The highest BCUT2D eigenvalue weighted by Crippen LogP contribution is 2.24. The maximum absolute atomic E-state index is 12.7. The van der Waals surface area contributed by atoms with Gasteiger partial charge in [-0.05, 0) is 36.1 Å². The highest BCUT2D eigenvalue weighted by atomic mass is 35.5. The summed E-state index contributed by atoms with van der Waals surface area (Å²) in [5.41, 5.74) is 2.02. The highest BCUT2D eigenvalue weighted by molar-refractivity contribution is 7.17. The molecule has 0 unspecified atom stereocenters. The summed E-state index contributed by atoms with van der Waals surface area (Å²) in [6.45, 7) is 1.98. The molecule has 132 valence electrons. The molecule has 0 spiro atoms. The minimum atomic E-state index is -0.295. The van der Waals surface area contributed by atoms with Crippen molar-refractivity contribution in [3.63, 3.8) is 0 Å². The van der Waals surface area contributed by atoms with Crippen LogP contribution in [-0.4, -0.2) is 20.1 Å². The number of hydrogen-bond donors (Lipinski definition) is 1. The van der Waals surface area contributed by atoms with Crippen molar-refractivity contribution >= 4 is 44.6 Å². The van der Waals surface area contributed by atoms with E-state index in [4.69, 9.17) is 11.6 Å². The molecule has 1 aromatic carbocycles. The summed E-state index contributed by atoms with van der Waals surface area (Å²) in [6, 6.07) is 11.1. The minimum absolute atomic E-state index is 0.139. The van der Waals surface area contributed by atoms with E-state index in [0.717, 1.165) is 15.8 Å². The Bertz CT molecular complexity index is 1190. The zero-order valence-corrected chi connectivity index (χ0v) is 15.5. The normalized spacial score (nSPS) is 11.3. The molecule has 0 aliphatic heterocycles. The smallest absolute Gasteiger partial charge is 0.291 e. The van der Waals surface area contributed by atoms with E-state index in [1.165, 1.54) is 4.68 Å². The molecule has 0 bridgehead atoms. The van der Waals surface area contributed by atoms with Gasteiger partial charge in [-0.3, -0.25) is 14.0 Å². The lowest BCUT2D eigenvalue weighted by atomic mass is 10.2. The Morgan fingerprint density at radius 3 is 2.88 bits per heavy atom. The van der Waals surface area contributed by atoms with E-state index < -0.39 is 0 Å². The van der Waals surface area contributed by atoms with E-state index in [9.17, 15) is 9.59 Å². The van der Waals surface area contributed by atoms with Gasteiger partial charge in [-0.15, -0.1) is 11.3 Å². The van der Waals surface area contributed by atoms with Gasteiger partial charge in [-0.25, -0.2) is 4.68 Å². The highest BCUT2D eigenvalue weighted by Gasteiger charge is 2.14. The number of nitrogens with one attached hydrogen (secondary N) is 1. The van der Waals surface area contributed by atoms with Gasteiger partial charge in [0.05, 0.1) is 10.2 Å². The molecule has 1 N–H and O–H groups in total. The molecule has 4 rings (SSSR count). The van der Waals surface area contributed by atoms with Gasteiger partial charge in [0.15, 0.2) is 0 Å². The number of fused-ring (bicyclic) bond motifs is 3. The molecular weight excluding hydrogens is 372 g/mol. The van der Waals surface area contributed by atoms with E-state index in [0.29, 0.717) is 22.9 Å². The third-order valence-corrected chi connectivity index (χ3v) is 5.41. The van der Waals surface area contributed by atoms with E-state index in [-0.39, 0.29) is 18.0 Å². The fraction of sp³-hybridized carbons (Fsp3) is 0.167. The van der Waals surface area contributed by atoms with Gasteiger partial charge < -0.3 is 5.32 Å². The average molecular weight is 387 g/mol. The number of aromatic nitrogens is 3. The van der Waals surface area contributed by atoms with Crippen molar-refractivity contribution in [2.24, 2.45) is 0 Å². The van der Waals surface area contributed by atoms with Crippen molar-refractivity contribution in [3.05, 3.63) is 68.5 Å². The van der Waals surface area contributed by atoms with Crippen LogP contribution in [0.5, 0.6) is 0 Å². The number of carbonyl (C=O) groups is 1. The van der Waals surface area contributed by atoms with E-state index >= 15 is 0 Å². The van der Waals surface area contributed by atoms with Gasteiger partial charge in [0.1, 0.15) is 17.9 Å². The Balaban J connectivity index is 1.59. The van der Waals surface area contributed by atoms with Crippen LogP contribution in [0.2, 0.25) is 5.02 Å². The van der Waals surface area contributed by atoms with E-state index in [1.54, 1.807) is 17.4 Å². The third-order valence-electron chi connectivity index (χ3n) is 4.19. The Hall–Kier alpha value is -2.64. The SMILES string of the molecule is Cc1nn(CC(=O)NCc2ccccc2Cl)c(=O)c2cc3sccc3n12. The van der Waals surface area contributed by atoms with Crippen molar-refractivity contribution in [3.8, 4) is 0 Å². The van der Waals surface area contributed by atoms with Crippen molar-refractivity contribution in [2.45, 2.75) is 20.0 Å². The molecule has 0 saturated heterocycles. The summed E-state index contributed by atoms with van der Waals surface area (Å²) in [4.78, 5) is 25.0. The fourth-order valence-corrected chi connectivity index (χ4v) is 3.97.